The van der Waals surface area contributed by atoms with E-state index >= 15 is 0 Å². The Labute approximate surface area is 591 Å². The van der Waals surface area contributed by atoms with Gasteiger partial charge in [-0.2, -0.15) is 0 Å². The maximum Gasteiger partial charge on any atom is 0.0448 e. The highest BCUT2D eigenvalue weighted by Gasteiger charge is 2.23. The third kappa shape index (κ3) is 8.68. The summed E-state index contributed by atoms with van der Waals surface area (Å²) in [6.45, 7) is 0. The van der Waals surface area contributed by atoms with Crippen molar-refractivity contribution in [3.63, 3.8) is 0 Å². The zero-order valence-corrected chi connectivity index (χ0v) is 57.1. The van der Waals surface area contributed by atoms with Gasteiger partial charge in [0.1, 0.15) is 0 Å². The summed E-state index contributed by atoms with van der Waals surface area (Å²) in [7, 11) is 0. The van der Waals surface area contributed by atoms with Gasteiger partial charge in [-0.15, -0.1) is 45.3 Å². The summed E-state index contributed by atoms with van der Waals surface area (Å²) < 4.78 is 10.7. The number of rotatable bonds is 7. The number of fused-ring (bicyclic) bond motifs is 19. The number of hydrogen-bond acceptors (Lipinski definition) is 4. The van der Waals surface area contributed by atoms with Crippen LogP contribution >= 0.6 is 45.3 Å². The molecule has 462 valence electrons. The first-order valence-corrected chi connectivity index (χ1v) is 37.5. The fraction of sp³-hybridized carbons (Fsp3) is 0. The van der Waals surface area contributed by atoms with Gasteiger partial charge < -0.3 is 0 Å². The number of thiophene rings is 4. The van der Waals surface area contributed by atoms with Gasteiger partial charge in [0.15, 0.2) is 0 Å². The van der Waals surface area contributed by atoms with Crippen LogP contribution in [0.25, 0.3) is 223 Å². The Morgan fingerprint density at radius 2 is 0.460 bits per heavy atom. The van der Waals surface area contributed by atoms with Crippen LogP contribution in [-0.2, 0) is 0 Å². The lowest BCUT2D eigenvalue weighted by atomic mass is 9.83. The summed E-state index contributed by atoms with van der Waals surface area (Å²) in [6, 6.07) is 124. The molecule has 0 saturated heterocycles. The zero-order valence-electron chi connectivity index (χ0n) is 53.8. The maximum atomic E-state index is 2.50. The second kappa shape index (κ2) is 22.0. The van der Waals surface area contributed by atoms with Crippen LogP contribution in [0.15, 0.2) is 328 Å². The molecule has 0 aliphatic carbocycles. The Kier molecular flexibility index (Phi) is 12.4. The van der Waals surface area contributed by atoms with E-state index in [1.165, 1.54) is 223 Å². The highest BCUT2D eigenvalue weighted by atomic mass is 32.1. The summed E-state index contributed by atoms with van der Waals surface area (Å²) in [5, 5.41) is 25.5. The quantitative estimate of drug-likeness (QED) is 0.140. The second-order valence-corrected chi connectivity index (χ2v) is 31.2. The normalized spacial score (nSPS) is 12.2. The van der Waals surface area contributed by atoms with Gasteiger partial charge in [0.05, 0.1) is 0 Å². The van der Waals surface area contributed by atoms with Crippen LogP contribution in [0, 0.1) is 0 Å². The van der Waals surface area contributed by atoms with Gasteiger partial charge in [0.2, 0.25) is 0 Å². The first-order chi connectivity index (χ1) is 49.5. The van der Waals surface area contributed by atoms with Crippen LogP contribution < -0.4 is 0 Å². The van der Waals surface area contributed by atoms with Gasteiger partial charge in [-0.1, -0.05) is 261 Å². The Bertz CT molecular complexity index is 7260. The molecular formula is C96H54S4. The van der Waals surface area contributed by atoms with Crippen molar-refractivity contribution >= 4 is 191 Å². The van der Waals surface area contributed by atoms with Crippen molar-refractivity contribution in [1.82, 2.24) is 0 Å². The lowest BCUT2D eigenvalue weighted by molar-refractivity contribution is 1.62. The summed E-state index contributed by atoms with van der Waals surface area (Å²) in [5.74, 6) is 0. The third-order valence-electron chi connectivity index (χ3n) is 21.4. The predicted octanol–water partition coefficient (Wildman–Crippen LogP) is 29.7. The molecule has 0 atom stereocenters. The van der Waals surface area contributed by atoms with E-state index in [1.807, 2.05) is 45.3 Å². The van der Waals surface area contributed by atoms with Crippen molar-refractivity contribution in [1.29, 1.82) is 0 Å². The minimum atomic E-state index is 1.17. The maximum absolute atomic E-state index is 2.50. The fourth-order valence-electron chi connectivity index (χ4n) is 16.7. The average Bonchev–Trinajstić information content (AvgIpc) is 0.859. The molecule has 0 radical (unpaired) electrons. The lowest BCUT2D eigenvalue weighted by Gasteiger charge is -2.20. The number of benzene rings is 18. The Morgan fingerprint density at radius 1 is 0.140 bits per heavy atom. The van der Waals surface area contributed by atoms with Crippen molar-refractivity contribution < 1.29 is 0 Å². The molecule has 4 heteroatoms. The first kappa shape index (κ1) is 56.4. The van der Waals surface area contributed by atoms with Gasteiger partial charge in [-0.05, 0) is 209 Å². The summed E-state index contributed by atoms with van der Waals surface area (Å²) in [5.41, 5.74) is 17.0. The molecule has 100 heavy (non-hydrogen) atoms. The molecule has 0 spiro atoms. The molecule has 0 aliphatic heterocycles. The molecule has 0 bridgehead atoms. The van der Waals surface area contributed by atoms with Crippen LogP contribution in [0.1, 0.15) is 0 Å². The Balaban J connectivity index is 0.698. The van der Waals surface area contributed by atoms with Crippen molar-refractivity contribution in [2.24, 2.45) is 0 Å². The summed E-state index contributed by atoms with van der Waals surface area (Å²) in [6.07, 6.45) is 0. The summed E-state index contributed by atoms with van der Waals surface area (Å²) >= 11 is 7.62. The van der Waals surface area contributed by atoms with Crippen molar-refractivity contribution in [2.45, 2.75) is 0 Å². The fourth-order valence-corrected chi connectivity index (χ4v) is 21.5. The van der Waals surface area contributed by atoms with Crippen LogP contribution in [0.2, 0.25) is 0 Å². The molecule has 0 fully saturated rings. The molecule has 4 heterocycles. The van der Waals surface area contributed by atoms with E-state index in [2.05, 4.69) is 328 Å². The highest BCUT2D eigenvalue weighted by molar-refractivity contribution is 7.30. The topological polar surface area (TPSA) is 0 Å². The molecule has 0 unspecified atom stereocenters. The second-order valence-electron chi connectivity index (χ2n) is 26.9. The molecule has 22 rings (SSSR count). The molecule has 22 aromatic rings. The standard InChI is InChI=1S/C96H54S4/c1-3-15-61-47-67(35-29-55(61)13-1)93-74-21-7-5-19-72(74)91(59-31-25-57(26-32-59)65-37-41-71-81-54-89-80(53-90(81)99-87(71)51-65)70-18-10-11-23-84(70)97-89)76-42-38-63(49-82(76)93)64-39-43-77-83(50-64)94(68-36-30-56-14-2-4-16-62(56)48-68)75-22-8-6-20-73(75)92(77)60-33-27-58(28-34-60)66-40-44-79-88(52-66)98-86-46-45-78-69-17-9-12-24-85(69)100-96(78)95(79)86/h1-54H. The first-order valence-electron chi connectivity index (χ1n) is 34.2. The molecule has 4 aromatic heterocycles. The van der Waals surface area contributed by atoms with Crippen molar-refractivity contribution in [3.05, 3.63) is 328 Å². The highest BCUT2D eigenvalue weighted by Crippen LogP contribution is 2.51. The zero-order chi connectivity index (χ0) is 65.3. The Hall–Kier alpha value is -11.6. The smallest absolute Gasteiger partial charge is 0.0448 e. The van der Waals surface area contributed by atoms with Crippen LogP contribution in [0.4, 0.5) is 0 Å². The van der Waals surface area contributed by atoms with Crippen molar-refractivity contribution in [3.8, 4) is 77.9 Å². The SMILES string of the molecule is c1ccc2cc(-c3c4ccccc4c(-c4ccc(-c5ccc6c(c5)sc5cc7c(cc56)sc5ccccc57)cc4)c4ccc(-c5ccc6c(-c7ccc(-c8ccc9c(c8)sc8ccc%10c%11ccccc%11sc%10c89)cc7)c7ccccc7c(-c7ccc8ccccc8c7)c6c5)cc34)ccc2c1. The van der Waals surface area contributed by atoms with Gasteiger partial charge in [0, 0.05) is 80.7 Å². The van der Waals surface area contributed by atoms with Crippen LogP contribution in [-0.4, -0.2) is 0 Å². The Morgan fingerprint density at radius 3 is 0.980 bits per heavy atom. The molecule has 0 nitrogen and oxygen atoms in total. The van der Waals surface area contributed by atoms with E-state index in [0.29, 0.717) is 0 Å². The van der Waals surface area contributed by atoms with Crippen molar-refractivity contribution in [2.75, 3.05) is 0 Å². The minimum Gasteiger partial charge on any atom is -0.135 e. The van der Waals surface area contributed by atoms with Gasteiger partial charge in [-0.3, -0.25) is 0 Å². The van der Waals surface area contributed by atoms with E-state index in [-0.39, 0.29) is 0 Å². The van der Waals surface area contributed by atoms with Gasteiger partial charge in [-0.25, -0.2) is 0 Å². The molecule has 18 aromatic carbocycles. The predicted molar refractivity (Wildman–Crippen MR) is 441 cm³/mol. The van der Waals surface area contributed by atoms with Crippen LogP contribution in [0.5, 0.6) is 0 Å². The molecular weight excluding hydrogens is 1280 g/mol. The summed E-state index contributed by atoms with van der Waals surface area (Å²) in [4.78, 5) is 0. The average molecular weight is 1340 g/mol. The van der Waals surface area contributed by atoms with E-state index in [1.54, 1.807) is 0 Å². The molecule has 0 amide bonds. The van der Waals surface area contributed by atoms with E-state index in [4.69, 9.17) is 0 Å². The van der Waals surface area contributed by atoms with Gasteiger partial charge >= 0.3 is 0 Å². The van der Waals surface area contributed by atoms with E-state index in [0.717, 1.165) is 0 Å². The lowest BCUT2D eigenvalue weighted by Crippen LogP contribution is -1.93. The molecule has 0 saturated carbocycles. The monoisotopic (exact) mass is 1330 g/mol. The number of hydrogen-bond donors (Lipinski definition) is 0. The molecule has 0 N–H and O–H groups in total. The van der Waals surface area contributed by atoms with Gasteiger partial charge in [0.25, 0.3) is 0 Å². The third-order valence-corrected chi connectivity index (χ3v) is 26.0. The minimum absolute atomic E-state index is 1.17. The van der Waals surface area contributed by atoms with Crippen LogP contribution in [0.3, 0.4) is 0 Å². The van der Waals surface area contributed by atoms with E-state index < -0.39 is 0 Å². The van der Waals surface area contributed by atoms with E-state index in [9.17, 15) is 0 Å². The largest absolute Gasteiger partial charge is 0.135 e. The molecule has 0 aliphatic rings.